The van der Waals surface area contributed by atoms with E-state index in [4.69, 9.17) is 13.9 Å². The minimum absolute atomic E-state index is 0.166. The average Bonchev–Trinajstić information content (AvgIpc) is 3.01. The number of Topliss-reactive ketones (excluding diaryl/α,β-unsaturated/α-hetero) is 1. The highest BCUT2D eigenvalue weighted by atomic mass is 16.6. The van der Waals surface area contributed by atoms with Crippen LogP contribution in [0.3, 0.4) is 0 Å². The number of carbonyl (C=O) groups is 2. The maximum Gasteiger partial charge on any atom is 0.413 e. The zero-order valence-electron chi connectivity index (χ0n) is 14.0. The lowest BCUT2D eigenvalue weighted by Crippen LogP contribution is -2.49. The normalized spacial score (nSPS) is 19.9. The second-order valence-corrected chi connectivity index (χ2v) is 6.70. The molecule has 6 heteroatoms. The van der Waals surface area contributed by atoms with Crippen LogP contribution in [-0.2, 0) is 9.47 Å². The van der Waals surface area contributed by atoms with Gasteiger partial charge in [0.1, 0.15) is 17.4 Å². The van der Waals surface area contributed by atoms with Crippen LogP contribution in [0.15, 0.2) is 22.8 Å². The maximum atomic E-state index is 12.4. The molecule has 1 atom stereocenters. The number of ether oxygens (including phenoxy) is 2. The van der Waals surface area contributed by atoms with E-state index in [1.165, 1.54) is 17.2 Å². The van der Waals surface area contributed by atoms with E-state index in [1.807, 2.05) is 0 Å². The summed E-state index contributed by atoms with van der Waals surface area (Å²) < 4.78 is 16.0. The van der Waals surface area contributed by atoms with Crippen molar-refractivity contribution in [2.24, 2.45) is 0 Å². The standard InChI is InChI=1S/C17H21NO5/c1-16(2,3)23-15(20)18-12(11-22-17(18,4)5)8-9-13(19)14-7-6-10-21-14/h6-7,10,12H,11H2,1-5H3/t12-/m1/s1. The molecule has 1 amide bonds. The van der Waals surface area contributed by atoms with Gasteiger partial charge in [0.2, 0.25) is 0 Å². The Balaban J connectivity index is 2.18. The zero-order chi connectivity index (χ0) is 17.3. The van der Waals surface area contributed by atoms with E-state index in [0.29, 0.717) is 0 Å². The Morgan fingerprint density at radius 1 is 1.39 bits per heavy atom. The van der Waals surface area contributed by atoms with Crippen LogP contribution < -0.4 is 0 Å². The predicted molar refractivity (Wildman–Crippen MR) is 82.7 cm³/mol. The largest absolute Gasteiger partial charge is 0.460 e. The number of carbonyl (C=O) groups excluding carboxylic acids is 2. The van der Waals surface area contributed by atoms with Gasteiger partial charge in [-0.1, -0.05) is 5.92 Å². The van der Waals surface area contributed by atoms with Crippen molar-refractivity contribution < 1.29 is 23.5 Å². The van der Waals surface area contributed by atoms with E-state index in [0.717, 1.165) is 0 Å². The minimum Gasteiger partial charge on any atom is -0.460 e. The van der Waals surface area contributed by atoms with Crippen LogP contribution in [0.25, 0.3) is 0 Å². The summed E-state index contributed by atoms with van der Waals surface area (Å²) in [5, 5.41) is 0. The molecule has 0 aliphatic carbocycles. The average molecular weight is 319 g/mol. The number of furan rings is 1. The number of ketones is 1. The number of hydrogen-bond acceptors (Lipinski definition) is 5. The highest BCUT2D eigenvalue weighted by Gasteiger charge is 2.45. The first-order valence-corrected chi connectivity index (χ1v) is 7.36. The quantitative estimate of drug-likeness (QED) is 0.452. The van der Waals surface area contributed by atoms with Gasteiger partial charge in [-0.15, -0.1) is 0 Å². The van der Waals surface area contributed by atoms with Crippen LogP contribution >= 0.6 is 0 Å². The van der Waals surface area contributed by atoms with Gasteiger partial charge >= 0.3 is 6.09 Å². The van der Waals surface area contributed by atoms with Crippen LogP contribution in [0.1, 0.15) is 45.2 Å². The van der Waals surface area contributed by atoms with E-state index >= 15 is 0 Å². The highest BCUT2D eigenvalue weighted by molar-refractivity contribution is 6.07. The summed E-state index contributed by atoms with van der Waals surface area (Å²) in [6, 6.07) is 2.60. The molecule has 0 saturated carbocycles. The van der Waals surface area contributed by atoms with Crippen molar-refractivity contribution in [1.29, 1.82) is 0 Å². The first-order valence-electron chi connectivity index (χ1n) is 7.36. The van der Waals surface area contributed by atoms with Gasteiger partial charge in [0.15, 0.2) is 5.76 Å². The molecular weight excluding hydrogens is 298 g/mol. The predicted octanol–water partition coefficient (Wildman–Crippen LogP) is 2.84. The Morgan fingerprint density at radius 2 is 2.09 bits per heavy atom. The molecule has 6 nitrogen and oxygen atoms in total. The fourth-order valence-corrected chi connectivity index (χ4v) is 2.18. The van der Waals surface area contributed by atoms with Crippen molar-refractivity contribution in [2.75, 3.05) is 6.61 Å². The van der Waals surface area contributed by atoms with E-state index in [9.17, 15) is 9.59 Å². The van der Waals surface area contributed by atoms with Gasteiger partial charge in [0, 0.05) is 0 Å². The molecule has 124 valence electrons. The van der Waals surface area contributed by atoms with Crippen LogP contribution in [0.2, 0.25) is 0 Å². The minimum atomic E-state index is -0.852. The summed E-state index contributed by atoms with van der Waals surface area (Å²) >= 11 is 0. The number of nitrogens with zero attached hydrogens (tertiary/aromatic N) is 1. The molecule has 1 aromatic heterocycles. The van der Waals surface area contributed by atoms with Crippen molar-refractivity contribution in [1.82, 2.24) is 4.90 Å². The molecule has 1 aromatic rings. The smallest absolute Gasteiger partial charge is 0.413 e. The van der Waals surface area contributed by atoms with Gasteiger partial charge < -0.3 is 13.9 Å². The van der Waals surface area contributed by atoms with E-state index < -0.39 is 29.2 Å². The molecule has 2 heterocycles. The molecule has 23 heavy (non-hydrogen) atoms. The summed E-state index contributed by atoms with van der Waals surface area (Å²) in [5.74, 6) is 5.01. The molecule has 0 unspecified atom stereocenters. The SMILES string of the molecule is CC(C)(C)OC(=O)N1[C@H](C#CC(=O)c2ccco2)COC1(C)C. The zero-order valence-corrected chi connectivity index (χ0v) is 14.0. The van der Waals surface area contributed by atoms with Crippen molar-refractivity contribution in [2.45, 2.75) is 52.0 Å². The monoisotopic (exact) mass is 319 g/mol. The summed E-state index contributed by atoms with van der Waals surface area (Å²) in [5.41, 5.74) is -1.48. The molecule has 1 fully saturated rings. The lowest BCUT2D eigenvalue weighted by molar-refractivity contribution is -0.0608. The van der Waals surface area contributed by atoms with Crippen LogP contribution in [0.5, 0.6) is 0 Å². The Bertz CT molecular complexity index is 643. The molecule has 0 N–H and O–H groups in total. The van der Waals surface area contributed by atoms with E-state index in [-0.39, 0.29) is 12.4 Å². The van der Waals surface area contributed by atoms with E-state index in [2.05, 4.69) is 11.8 Å². The summed E-state index contributed by atoms with van der Waals surface area (Å²) in [6.07, 6.45) is 0.883. The van der Waals surface area contributed by atoms with Gasteiger partial charge in [-0.3, -0.25) is 9.69 Å². The lowest BCUT2D eigenvalue weighted by Gasteiger charge is -2.33. The Hall–Kier alpha value is -2.26. The molecule has 1 aliphatic rings. The molecule has 0 spiro atoms. The Kier molecular flexibility index (Phi) is 4.53. The fraction of sp³-hybridized carbons (Fsp3) is 0.529. The first kappa shape index (κ1) is 17.1. The number of rotatable bonds is 1. The fourth-order valence-electron chi connectivity index (χ4n) is 2.18. The van der Waals surface area contributed by atoms with Crippen molar-refractivity contribution in [3.63, 3.8) is 0 Å². The third-order valence-corrected chi connectivity index (χ3v) is 3.17. The third-order valence-electron chi connectivity index (χ3n) is 3.17. The third kappa shape index (κ3) is 4.14. The second-order valence-electron chi connectivity index (χ2n) is 6.70. The molecular formula is C17H21NO5. The van der Waals surface area contributed by atoms with Crippen molar-refractivity contribution >= 4 is 11.9 Å². The van der Waals surface area contributed by atoms with Crippen molar-refractivity contribution in [3.8, 4) is 11.8 Å². The highest BCUT2D eigenvalue weighted by Crippen LogP contribution is 2.29. The number of amides is 1. The van der Waals surface area contributed by atoms with Gasteiger partial charge in [-0.2, -0.15) is 0 Å². The number of hydrogen-bond donors (Lipinski definition) is 0. The second kappa shape index (κ2) is 6.09. The van der Waals surface area contributed by atoms with Gasteiger partial charge in [-0.05, 0) is 52.7 Å². The lowest BCUT2D eigenvalue weighted by atomic mass is 10.2. The van der Waals surface area contributed by atoms with Gasteiger partial charge in [0.05, 0.1) is 12.9 Å². The Morgan fingerprint density at radius 3 is 2.65 bits per heavy atom. The van der Waals surface area contributed by atoms with Crippen LogP contribution in [0, 0.1) is 11.8 Å². The molecule has 1 saturated heterocycles. The molecule has 1 aliphatic heterocycles. The molecule has 0 bridgehead atoms. The summed E-state index contributed by atoms with van der Waals surface area (Å²) in [6.45, 7) is 9.09. The maximum absolute atomic E-state index is 12.4. The summed E-state index contributed by atoms with van der Waals surface area (Å²) in [4.78, 5) is 25.7. The van der Waals surface area contributed by atoms with E-state index in [1.54, 1.807) is 40.7 Å². The van der Waals surface area contributed by atoms with Gasteiger partial charge in [0.25, 0.3) is 5.78 Å². The van der Waals surface area contributed by atoms with Crippen LogP contribution in [-0.4, -0.2) is 40.8 Å². The van der Waals surface area contributed by atoms with Crippen molar-refractivity contribution in [3.05, 3.63) is 24.2 Å². The molecule has 0 radical (unpaired) electrons. The first-order chi connectivity index (χ1) is 10.6. The molecule has 0 aromatic carbocycles. The van der Waals surface area contributed by atoms with Gasteiger partial charge in [-0.25, -0.2) is 4.79 Å². The Labute approximate surface area is 135 Å². The summed E-state index contributed by atoms with van der Waals surface area (Å²) in [7, 11) is 0. The molecule has 2 rings (SSSR count). The topological polar surface area (TPSA) is 69.0 Å². The van der Waals surface area contributed by atoms with Crippen LogP contribution in [0.4, 0.5) is 4.79 Å².